The Morgan fingerprint density at radius 2 is 1.94 bits per heavy atom. The van der Waals surface area contributed by atoms with Crippen LogP contribution < -0.4 is 15.5 Å². The maximum atomic E-state index is 13.1. The molecule has 0 saturated carbocycles. The van der Waals surface area contributed by atoms with Gasteiger partial charge in [-0.1, -0.05) is 30.3 Å². The lowest BCUT2D eigenvalue weighted by molar-refractivity contribution is -0.126. The molecule has 9 nitrogen and oxygen atoms in total. The lowest BCUT2D eigenvalue weighted by Gasteiger charge is -2.19. The predicted molar refractivity (Wildman–Crippen MR) is 134 cm³/mol. The molecule has 1 unspecified atom stereocenters. The van der Waals surface area contributed by atoms with Gasteiger partial charge in [-0.05, 0) is 36.2 Å². The molecule has 2 aromatic heterocycles. The summed E-state index contributed by atoms with van der Waals surface area (Å²) in [5.41, 5.74) is 3.42. The number of fused-ring (bicyclic) bond motifs is 1. The van der Waals surface area contributed by atoms with Crippen LogP contribution in [0.25, 0.3) is 11.0 Å². The summed E-state index contributed by atoms with van der Waals surface area (Å²) in [5, 5.41) is 11.3. The predicted octanol–water partition coefficient (Wildman–Crippen LogP) is 3.06. The second-order valence-electron chi connectivity index (χ2n) is 8.79. The van der Waals surface area contributed by atoms with E-state index < -0.39 is 5.92 Å². The summed E-state index contributed by atoms with van der Waals surface area (Å²) >= 11 is 0. The zero-order valence-corrected chi connectivity index (χ0v) is 19.8. The molecule has 3 heterocycles. The molecule has 1 atom stereocenters. The van der Waals surface area contributed by atoms with Crippen molar-refractivity contribution in [2.45, 2.75) is 26.4 Å². The third-order valence-electron chi connectivity index (χ3n) is 6.33. The minimum absolute atomic E-state index is 0.0418. The van der Waals surface area contributed by atoms with Gasteiger partial charge < -0.3 is 15.5 Å². The molecule has 5 rings (SSSR count). The second-order valence-corrected chi connectivity index (χ2v) is 8.79. The molecule has 0 bridgehead atoms. The minimum atomic E-state index is -0.393. The zero-order chi connectivity index (χ0) is 25.1. The van der Waals surface area contributed by atoms with Crippen molar-refractivity contribution in [1.29, 1.82) is 0 Å². The first-order valence-corrected chi connectivity index (χ1v) is 11.8. The molecule has 0 radical (unpaired) electrons. The number of aromatic nitrogens is 4. The van der Waals surface area contributed by atoms with Crippen LogP contribution in [0.15, 0.2) is 61.1 Å². The summed E-state index contributed by atoms with van der Waals surface area (Å²) < 4.78 is 14.8. The molecule has 36 heavy (non-hydrogen) atoms. The molecule has 0 spiro atoms. The molecule has 4 aromatic rings. The van der Waals surface area contributed by atoms with Crippen molar-refractivity contribution in [3.63, 3.8) is 0 Å². The first kappa shape index (κ1) is 23.4. The molecule has 0 aliphatic carbocycles. The fourth-order valence-electron chi connectivity index (χ4n) is 4.40. The van der Waals surface area contributed by atoms with E-state index in [4.69, 9.17) is 0 Å². The number of hydrogen-bond acceptors (Lipinski definition) is 6. The van der Waals surface area contributed by atoms with Crippen LogP contribution >= 0.6 is 0 Å². The summed E-state index contributed by atoms with van der Waals surface area (Å²) in [6.45, 7) is 3.58. The monoisotopic (exact) mass is 487 g/mol. The van der Waals surface area contributed by atoms with Gasteiger partial charge in [0.15, 0.2) is 5.65 Å². The molecule has 1 aliphatic rings. The summed E-state index contributed by atoms with van der Waals surface area (Å²) in [4.78, 5) is 35.6. The molecule has 184 valence electrons. The van der Waals surface area contributed by atoms with Gasteiger partial charge in [-0.2, -0.15) is 5.10 Å². The van der Waals surface area contributed by atoms with E-state index in [1.54, 1.807) is 27.9 Å². The Morgan fingerprint density at radius 3 is 2.75 bits per heavy atom. The lowest BCUT2D eigenvalue weighted by atomic mass is 10.1. The van der Waals surface area contributed by atoms with Gasteiger partial charge in [0.05, 0.1) is 24.0 Å². The van der Waals surface area contributed by atoms with Gasteiger partial charge in [-0.3, -0.25) is 9.59 Å². The standard InChI is InChI=1S/C26H26FN7O2/c1-17-4-2-3-5-22(17)33-15-19(12-23(33)35)26(36)28-10-11-34-25-21(14-32-34)24(30-16-31-25)29-13-18-6-8-20(27)9-7-18/h2-9,14,16,19H,10-13,15H2,1H3,(H,28,36)(H,29,30,31). The van der Waals surface area contributed by atoms with Crippen molar-refractivity contribution in [3.8, 4) is 0 Å². The number of carbonyl (C=O) groups excluding carboxylic acids is 2. The molecule has 10 heteroatoms. The molecular weight excluding hydrogens is 461 g/mol. The number of carbonyl (C=O) groups is 2. The Bertz CT molecular complexity index is 1400. The highest BCUT2D eigenvalue weighted by Crippen LogP contribution is 2.27. The number of benzene rings is 2. The smallest absolute Gasteiger partial charge is 0.227 e. The third-order valence-corrected chi connectivity index (χ3v) is 6.33. The van der Waals surface area contributed by atoms with Crippen LogP contribution in [0.4, 0.5) is 15.9 Å². The van der Waals surface area contributed by atoms with Crippen molar-refractivity contribution in [2.75, 3.05) is 23.3 Å². The average Bonchev–Trinajstić information content (AvgIpc) is 3.48. The van der Waals surface area contributed by atoms with Crippen LogP contribution in [0.1, 0.15) is 17.5 Å². The van der Waals surface area contributed by atoms with Crippen LogP contribution in [0.5, 0.6) is 0 Å². The number of nitrogens with zero attached hydrogens (tertiary/aromatic N) is 5. The van der Waals surface area contributed by atoms with Gasteiger partial charge >= 0.3 is 0 Å². The Morgan fingerprint density at radius 1 is 1.14 bits per heavy atom. The molecule has 2 N–H and O–H groups in total. The average molecular weight is 488 g/mol. The number of hydrogen-bond donors (Lipinski definition) is 2. The van der Waals surface area contributed by atoms with Gasteiger partial charge in [0.1, 0.15) is 18.0 Å². The highest BCUT2D eigenvalue weighted by atomic mass is 19.1. The van der Waals surface area contributed by atoms with Crippen molar-refractivity contribution >= 4 is 34.4 Å². The van der Waals surface area contributed by atoms with Crippen molar-refractivity contribution in [1.82, 2.24) is 25.1 Å². The maximum Gasteiger partial charge on any atom is 0.227 e. The number of aryl methyl sites for hydroxylation is 1. The first-order valence-electron chi connectivity index (χ1n) is 11.8. The Balaban J connectivity index is 1.17. The van der Waals surface area contributed by atoms with E-state index in [-0.39, 0.29) is 24.1 Å². The second kappa shape index (κ2) is 10.1. The van der Waals surface area contributed by atoms with Crippen molar-refractivity contribution < 1.29 is 14.0 Å². The Hall–Kier alpha value is -4.34. The van der Waals surface area contributed by atoms with Crippen LogP contribution in [0, 0.1) is 18.7 Å². The molecule has 2 aromatic carbocycles. The number of anilines is 2. The first-order chi connectivity index (χ1) is 17.5. The van der Waals surface area contributed by atoms with Gasteiger partial charge in [0.2, 0.25) is 11.8 Å². The fourth-order valence-corrected chi connectivity index (χ4v) is 4.40. The number of rotatable bonds is 8. The fraction of sp³-hybridized carbons (Fsp3) is 0.269. The van der Waals surface area contributed by atoms with Crippen LogP contribution in [-0.2, 0) is 22.7 Å². The van der Waals surface area contributed by atoms with E-state index in [0.717, 1.165) is 22.2 Å². The Kier molecular flexibility index (Phi) is 6.57. The van der Waals surface area contributed by atoms with E-state index in [2.05, 4.69) is 25.7 Å². The number of amides is 2. The summed E-state index contributed by atoms with van der Waals surface area (Å²) in [5.74, 6) is -0.233. The van der Waals surface area contributed by atoms with E-state index in [1.165, 1.54) is 18.5 Å². The normalized spacial score (nSPS) is 15.4. The molecule has 2 amide bonds. The van der Waals surface area contributed by atoms with Crippen LogP contribution in [0.3, 0.4) is 0 Å². The number of para-hydroxylation sites is 1. The topological polar surface area (TPSA) is 105 Å². The SMILES string of the molecule is Cc1ccccc1N1CC(C(=O)NCCn2ncc3c(NCc4ccc(F)cc4)ncnc32)CC1=O. The lowest BCUT2D eigenvalue weighted by Crippen LogP contribution is -2.35. The molecule has 1 saturated heterocycles. The third kappa shape index (κ3) is 4.88. The molecule has 1 aliphatic heterocycles. The Labute approximate surface area is 207 Å². The maximum absolute atomic E-state index is 13.1. The highest BCUT2D eigenvalue weighted by molar-refractivity contribution is 6.00. The molecular formula is C26H26FN7O2. The highest BCUT2D eigenvalue weighted by Gasteiger charge is 2.35. The van der Waals surface area contributed by atoms with E-state index >= 15 is 0 Å². The quantitative estimate of drug-likeness (QED) is 0.396. The summed E-state index contributed by atoms with van der Waals surface area (Å²) in [6.07, 6.45) is 3.33. The van der Waals surface area contributed by atoms with Gasteiger partial charge in [-0.15, -0.1) is 0 Å². The van der Waals surface area contributed by atoms with Gasteiger partial charge in [0.25, 0.3) is 0 Å². The summed E-state index contributed by atoms with van der Waals surface area (Å²) in [6, 6.07) is 13.9. The summed E-state index contributed by atoms with van der Waals surface area (Å²) in [7, 11) is 0. The van der Waals surface area contributed by atoms with E-state index in [0.29, 0.717) is 37.6 Å². The number of halogens is 1. The van der Waals surface area contributed by atoms with Gasteiger partial charge in [0, 0.05) is 31.7 Å². The molecule has 1 fully saturated rings. The largest absolute Gasteiger partial charge is 0.365 e. The van der Waals surface area contributed by atoms with Crippen molar-refractivity contribution in [2.24, 2.45) is 5.92 Å². The van der Waals surface area contributed by atoms with Gasteiger partial charge in [-0.25, -0.2) is 19.0 Å². The van der Waals surface area contributed by atoms with E-state index in [9.17, 15) is 14.0 Å². The van der Waals surface area contributed by atoms with Crippen molar-refractivity contribution in [3.05, 3.63) is 78.0 Å². The van der Waals surface area contributed by atoms with E-state index in [1.807, 2.05) is 31.2 Å². The zero-order valence-electron chi connectivity index (χ0n) is 19.8. The number of nitrogens with one attached hydrogen (secondary N) is 2. The minimum Gasteiger partial charge on any atom is -0.365 e. The van der Waals surface area contributed by atoms with Crippen LogP contribution in [0.2, 0.25) is 0 Å². The van der Waals surface area contributed by atoms with Crippen LogP contribution in [-0.4, -0.2) is 44.7 Å².